The Balaban J connectivity index is 1.73. The summed E-state index contributed by atoms with van der Waals surface area (Å²) >= 11 is 0. The highest BCUT2D eigenvalue weighted by atomic mass is 19.1. The summed E-state index contributed by atoms with van der Waals surface area (Å²) in [7, 11) is 0. The molecule has 1 aliphatic heterocycles. The number of nitrogens with zero attached hydrogens (tertiary/aromatic N) is 2. The van der Waals surface area contributed by atoms with Gasteiger partial charge in [-0.05, 0) is 32.9 Å². The molecule has 2 amide bonds. The first-order chi connectivity index (χ1) is 11.8. The van der Waals surface area contributed by atoms with Gasteiger partial charge in [0.05, 0.1) is 5.69 Å². The van der Waals surface area contributed by atoms with Crippen molar-refractivity contribution in [2.75, 3.05) is 37.6 Å². The van der Waals surface area contributed by atoms with Gasteiger partial charge in [-0.25, -0.2) is 9.18 Å². The van der Waals surface area contributed by atoms with Crippen LogP contribution in [0.25, 0.3) is 0 Å². The zero-order valence-electron chi connectivity index (χ0n) is 15.0. The van der Waals surface area contributed by atoms with E-state index in [1.54, 1.807) is 43.9 Å². The van der Waals surface area contributed by atoms with Gasteiger partial charge in [-0.3, -0.25) is 4.79 Å². The number of piperazine rings is 1. The number of nitrogens with one attached hydrogen (secondary N) is 1. The van der Waals surface area contributed by atoms with E-state index in [1.165, 1.54) is 6.07 Å². The molecule has 0 aliphatic carbocycles. The molecule has 7 heteroatoms. The highest BCUT2D eigenvalue weighted by Gasteiger charge is 2.23. The predicted octanol–water partition coefficient (Wildman–Crippen LogP) is 2.39. The molecular weight excluding hydrogens is 325 g/mol. The van der Waals surface area contributed by atoms with Crippen molar-refractivity contribution in [1.29, 1.82) is 0 Å². The zero-order valence-corrected chi connectivity index (χ0v) is 15.0. The van der Waals surface area contributed by atoms with Crippen LogP contribution in [0.5, 0.6) is 0 Å². The smallest absolute Gasteiger partial charge is 0.407 e. The minimum atomic E-state index is -0.558. The van der Waals surface area contributed by atoms with Gasteiger partial charge in [-0.1, -0.05) is 12.1 Å². The van der Waals surface area contributed by atoms with Gasteiger partial charge in [0.1, 0.15) is 11.4 Å². The fraction of sp³-hybridized carbons (Fsp3) is 0.556. The lowest BCUT2D eigenvalue weighted by Gasteiger charge is -2.36. The second kappa shape index (κ2) is 8.18. The van der Waals surface area contributed by atoms with Crippen LogP contribution in [-0.4, -0.2) is 55.2 Å². The third-order valence-electron chi connectivity index (χ3n) is 3.83. The molecule has 1 heterocycles. The van der Waals surface area contributed by atoms with Crippen LogP contribution in [0.4, 0.5) is 14.9 Å². The van der Waals surface area contributed by atoms with Crippen LogP contribution in [-0.2, 0) is 9.53 Å². The van der Waals surface area contributed by atoms with Gasteiger partial charge in [0.15, 0.2) is 0 Å². The van der Waals surface area contributed by atoms with Crippen LogP contribution < -0.4 is 10.2 Å². The van der Waals surface area contributed by atoms with Gasteiger partial charge >= 0.3 is 6.09 Å². The Morgan fingerprint density at radius 2 is 1.80 bits per heavy atom. The van der Waals surface area contributed by atoms with Gasteiger partial charge in [0, 0.05) is 39.1 Å². The van der Waals surface area contributed by atoms with E-state index in [4.69, 9.17) is 4.74 Å². The Morgan fingerprint density at radius 1 is 1.16 bits per heavy atom. The van der Waals surface area contributed by atoms with Gasteiger partial charge < -0.3 is 19.9 Å². The molecule has 1 aliphatic rings. The topological polar surface area (TPSA) is 61.9 Å². The molecule has 1 N–H and O–H groups in total. The first kappa shape index (κ1) is 19.0. The number of rotatable bonds is 4. The summed E-state index contributed by atoms with van der Waals surface area (Å²) in [6.07, 6.45) is -0.302. The van der Waals surface area contributed by atoms with Gasteiger partial charge in [-0.2, -0.15) is 0 Å². The lowest BCUT2D eigenvalue weighted by Crippen LogP contribution is -2.49. The Labute approximate surface area is 147 Å². The van der Waals surface area contributed by atoms with Crippen LogP contribution in [0.15, 0.2) is 24.3 Å². The molecule has 25 heavy (non-hydrogen) atoms. The number of para-hydroxylation sites is 1. The van der Waals surface area contributed by atoms with Crippen LogP contribution in [0.2, 0.25) is 0 Å². The number of hydrogen-bond donors (Lipinski definition) is 1. The zero-order chi connectivity index (χ0) is 18.4. The number of alkyl carbamates (subject to hydrolysis) is 1. The normalized spacial score (nSPS) is 15.0. The van der Waals surface area contributed by atoms with Gasteiger partial charge in [0.25, 0.3) is 0 Å². The highest BCUT2D eigenvalue weighted by molar-refractivity contribution is 5.77. The predicted molar refractivity (Wildman–Crippen MR) is 94.0 cm³/mol. The molecule has 0 atom stereocenters. The van der Waals surface area contributed by atoms with Crippen molar-refractivity contribution in [2.45, 2.75) is 32.8 Å². The number of benzene rings is 1. The summed E-state index contributed by atoms with van der Waals surface area (Å²) in [5.41, 5.74) is 0.0121. The molecule has 138 valence electrons. The fourth-order valence-electron chi connectivity index (χ4n) is 2.65. The molecule has 0 radical (unpaired) electrons. The Kier molecular flexibility index (Phi) is 6.22. The van der Waals surface area contributed by atoms with Crippen LogP contribution >= 0.6 is 0 Å². The van der Waals surface area contributed by atoms with Crippen LogP contribution in [0.1, 0.15) is 27.2 Å². The molecule has 0 aromatic heterocycles. The maximum atomic E-state index is 13.8. The van der Waals surface area contributed by atoms with Crippen LogP contribution in [0.3, 0.4) is 0 Å². The molecule has 0 bridgehead atoms. The fourth-order valence-corrected chi connectivity index (χ4v) is 2.65. The van der Waals surface area contributed by atoms with Crippen LogP contribution in [0, 0.1) is 5.82 Å². The summed E-state index contributed by atoms with van der Waals surface area (Å²) in [6, 6.07) is 6.65. The summed E-state index contributed by atoms with van der Waals surface area (Å²) in [5.74, 6) is -0.270. The molecular formula is C18H26FN3O3. The number of hydrogen-bond acceptors (Lipinski definition) is 4. The Bertz CT molecular complexity index is 608. The van der Waals surface area contributed by atoms with E-state index in [2.05, 4.69) is 5.32 Å². The second-order valence-electron chi connectivity index (χ2n) is 7.00. The van der Waals surface area contributed by atoms with Gasteiger partial charge in [-0.15, -0.1) is 0 Å². The van der Waals surface area contributed by atoms with E-state index in [1.807, 2.05) is 4.90 Å². The molecule has 1 saturated heterocycles. The Morgan fingerprint density at radius 3 is 2.40 bits per heavy atom. The average molecular weight is 351 g/mol. The molecule has 1 fully saturated rings. The molecule has 0 saturated carbocycles. The first-order valence-electron chi connectivity index (χ1n) is 8.50. The molecule has 1 aromatic rings. The van der Waals surface area contributed by atoms with E-state index in [-0.39, 0.29) is 24.7 Å². The number of ether oxygens (including phenoxy) is 1. The molecule has 0 spiro atoms. The van der Waals surface area contributed by atoms with Crippen molar-refractivity contribution < 1.29 is 18.7 Å². The standard InChI is InChI=1S/C18H26FN3O3/c1-18(2,3)25-17(24)20-9-8-16(23)22-12-10-21(11-13-22)15-7-5-4-6-14(15)19/h4-7H,8-13H2,1-3H3,(H,20,24). The van der Waals surface area contributed by atoms with E-state index in [0.717, 1.165) is 0 Å². The first-order valence-corrected chi connectivity index (χ1v) is 8.50. The average Bonchev–Trinajstić information content (AvgIpc) is 2.54. The summed E-state index contributed by atoms with van der Waals surface area (Å²) < 4.78 is 18.9. The number of carbonyl (C=O) groups excluding carboxylic acids is 2. The maximum absolute atomic E-state index is 13.8. The van der Waals surface area contributed by atoms with Crippen molar-refractivity contribution in [3.05, 3.63) is 30.1 Å². The number of carbonyl (C=O) groups is 2. The van der Waals surface area contributed by atoms with E-state index in [0.29, 0.717) is 31.9 Å². The van der Waals surface area contributed by atoms with Crippen molar-refractivity contribution >= 4 is 17.7 Å². The van der Waals surface area contributed by atoms with E-state index < -0.39 is 11.7 Å². The van der Waals surface area contributed by atoms with Crippen molar-refractivity contribution in [3.8, 4) is 0 Å². The van der Waals surface area contributed by atoms with E-state index >= 15 is 0 Å². The van der Waals surface area contributed by atoms with Crippen molar-refractivity contribution in [2.24, 2.45) is 0 Å². The maximum Gasteiger partial charge on any atom is 0.407 e. The molecule has 0 unspecified atom stereocenters. The monoisotopic (exact) mass is 351 g/mol. The number of amides is 2. The third kappa shape index (κ3) is 5.92. The minimum absolute atomic E-state index is 0.0238. The second-order valence-corrected chi connectivity index (χ2v) is 7.00. The third-order valence-corrected chi connectivity index (χ3v) is 3.83. The Hall–Kier alpha value is -2.31. The minimum Gasteiger partial charge on any atom is -0.444 e. The summed E-state index contributed by atoms with van der Waals surface area (Å²) in [6.45, 7) is 7.85. The van der Waals surface area contributed by atoms with E-state index in [9.17, 15) is 14.0 Å². The number of anilines is 1. The molecule has 2 rings (SSSR count). The largest absolute Gasteiger partial charge is 0.444 e. The highest BCUT2D eigenvalue weighted by Crippen LogP contribution is 2.20. The molecule has 1 aromatic carbocycles. The number of halogens is 1. The summed E-state index contributed by atoms with van der Waals surface area (Å²) in [4.78, 5) is 27.5. The molecule has 6 nitrogen and oxygen atoms in total. The lowest BCUT2D eigenvalue weighted by atomic mass is 10.2. The van der Waals surface area contributed by atoms with Gasteiger partial charge in [0.2, 0.25) is 5.91 Å². The summed E-state index contributed by atoms with van der Waals surface area (Å²) in [5, 5.41) is 2.58. The lowest BCUT2D eigenvalue weighted by molar-refractivity contribution is -0.131. The van der Waals surface area contributed by atoms with Crippen molar-refractivity contribution in [1.82, 2.24) is 10.2 Å². The quantitative estimate of drug-likeness (QED) is 0.905. The van der Waals surface area contributed by atoms with Crippen molar-refractivity contribution in [3.63, 3.8) is 0 Å². The SMILES string of the molecule is CC(C)(C)OC(=O)NCCC(=O)N1CCN(c2ccccc2F)CC1.